The summed E-state index contributed by atoms with van der Waals surface area (Å²) in [5.41, 5.74) is 2.23. The largest absolute Gasteiger partial charge is 0.478 e. The first-order valence-corrected chi connectivity index (χ1v) is 7.58. The number of hydrogen-bond acceptors (Lipinski definition) is 4. The van der Waals surface area contributed by atoms with E-state index in [1.807, 2.05) is 0 Å². The van der Waals surface area contributed by atoms with Crippen molar-refractivity contribution in [2.45, 2.75) is 32.6 Å². The van der Waals surface area contributed by atoms with Gasteiger partial charge in [-0.2, -0.15) is 5.10 Å². The zero-order valence-electron chi connectivity index (χ0n) is 11.5. The molecular weight excluding hydrogens is 290 g/mol. The molecule has 1 aliphatic carbocycles. The van der Waals surface area contributed by atoms with Crippen LogP contribution in [-0.4, -0.2) is 27.2 Å². The molecule has 0 saturated carbocycles. The summed E-state index contributed by atoms with van der Waals surface area (Å²) in [4.78, 5) is 24.8. The Bertz CT molecular complexity index is 717. The summed E-state index contributed by atoms with van der Waals surface area (Å²) in [5.74, 6) is -1.31. The average molecular weight is 305 g/mol. The van der Waals surface area contributed by atoms with Crippen LogP contribution in [0, 0.1) is 6.92 Å². The first kappa shape index (κ1) is 13.8. The summed E-state index contributed by atoms with van der Waals surface area (Å²) in [5, 5.41) is 19.1. The second kappa shape index (κ2) is 5.33. The molecule has 0 bridgehead atoms. The maximum Gasteiger partial charge on any atom is 0.339 e. The third-order valence-electron chi connectivity index (χ3n) is 3.69. The Labute approximate surface area is 125 Å². The van der Waals surface area contributed by atoms with Crippen LogP contribution in [0.2, 0.25) is 0 Å². The predicted molar refractivity (Wildman–Crippen MR) is 79.2 cm³/mol. The first-order valence-electron chi connectivity index (χ1n) is 6.77. The number of fused-ring (bicyclic) bond motifs is 1. The average Bonchev–Trinajstić information content (AvgIpc) is 3.01. The van der Waals surface area contributed by atoms with E-state index in [4.69, 9.17) is 0 Å². The fourth-order valence-electron chi connectivity index (χ4n) is 2.63. The van der Waals surface area contributed by atoms with Gasteiger partial charge in [0, 0.05) is 10.6 Å². The van der Waals surface area contributed by atoms with E-state index in [2.05, 4.69) is 15.5 Å². The van der Waals surface area contributed by atoms with Gasteiger partial charge in [0.1, 0.15) is 5.00 Å². The first-order chi connectivity index (χ1) is 10.1. The number of thiophene rings is 1. The summed E-state index contributed by atoms with van der Waals surface area (Å²) < 4.78 is 0. The molecule has 0 aliphatic heterocycles. The van der Waals surface area contributed by atoms with E-state index in [-0.39, 0.29) is 11.5 Å². The standard InChI is InChI=1S/C14H15N3O3S/c1-7-9(6-15-17-7)12(18)16-13-11(14(19)20)8-4-2-3-5-10(8)21-13/h6H,2-5H2,1H3,(H,15,17)(H,16,18)(H,19,20). The van der Waals surface area contributed by atoms with Gasteiger partial charge in [0.25, 0.3) is 5.91 Å². The summed E-state index contributed by atoms with van der Waals surface area (Å²) in [6, 6.07) is 0. The summed E-state index contributed by atoms with van der Waals surface area (Å²) >= 11 is 1.38. The Hall–Kier alpha value is -2.15. The second-order valence-corrected chi connectivity index (χ2v) is 6.19. The van der Waals surface area contributed by atoms with E-state index in [0.29, 0.717) is 16.3 Å². The van der Waals surface area contributed by atoms with Crippen molar-refractivity contribution in [1.29, 1.82) is 0 Å². The van der Waals surface area contributed by atoms with Crippen LogP contribution in [0.3, 0.4) is 0 Å². The van der Waals surface area contributed by atoms with Crippen molar-refractivity contribution in [1.82, 2.24) is 10.2 Å². The SMILES string of the molecule is Cc1[nH]ncc1C(=O)Nc1sc2c(c1C(=O)O)CCCC2. The molecule has 6 nitrogen and oxygen atoms in total. The van der Waals surface area contributed by atoms with Crippen molar-refractivity contribution in [3.63, 3.8) is 0 Å². The topological polar surface area (TPSA) is 95.1 Å². The molecule has 2 aromatic rings. The van der Waals surface area contributed by atoms with E-state index >= 15 is 0 Å². The monoisotopic (exact) mass is 305 g/mol. The van der Waals surface area contributed by atoms with E-state index in [1.54, 1.807) is 6.92 Å². The number of aryl methyl sites for hydroxylation is 2. The highest BCUT2D eigenvalue weighted by Crippen LogP contribution is 2.38. The van der Waals surface area contributed by atoms with Gasteiger partial charge in [-0.15, -0.1) is 11.3 Å². The van der Waals surface area contributed by atoms with Gasteiger partial charge in [0.15, 0.2) is 0 Å². The second-order valence-electron chi connectivity index (χ2n) is 5.08. The lowest BCUT2D eigenvalue weighted by atomic mass is 9.95. The summed E-state index contributed by atoms with van der Waals surface area (Å²) in [7, 11) is 0. The summed E-state index contributed by atoms with van der Waals surface area (Å²) in [6.45, 7) is 1.75. The molecule has 0 saturated heterocycles. The lowest BCUT2D eigenvalue weighted by Crippen LogP contribution is -2.14. The van der Waals surface area contributed by atoms with Crippen molar-refractivity contribution in [3.8, 4) is 0 Å². The highest BCUT2D eigenvalue weighted by atomic mass is 32.1. The van der Waals surface area contributed by atoms with Gasteiger partial charge in [0.05, 0.1) is 17.3 Å². The quantitative estimate of drug-likeness (QED) is 0.812. The molecule has 0 radical (unpaired) electrons. The van der Waals surface area contributed by atoms with Gasteiger partial charge in [-0.3, -0.25) is 9.89 Å². The number of H-pyrrole nitrogens is 1. The van der Waals surface area contributed by atoms with Crippen LogP contribution in [0.25, 0.3) is 0 Å². The van der Waals surface area contributed by atoms with Crippen LogP contribution in [0.4, 0.5) is 5.00 Å². The molecule has 7 heteroatoms. The number of carboxylic acid groups (broad SMARTS) is 1. The van der Waals surface area contributed by atoms with Crippen molar-refractivity contribution < 1.29 is 14.7 Å². The molecular formula is C14H15N3O3S. The lowest BCUT2D eigenvalue weighted by Gasteiger charge is -2.10. The Balaban J connectivity index is 1.95. The van der Waals surface area contributed by atoms with E-state index in [9.17, 15) is 14.7 Å². The molecule has 0 spiro atoms. The highest BCUT2D eigenvalue weighted by molar-refractivity contribution is 7.17. The van der Waals surface area contributed by atoms with Gasteiger partial charge in [-0.05, 0) is 38.2 Å². The number of carboxylic acids is 1. The van der Waals surface area contributed by atoms with E-state index in [0.717, 1.165) is 36.1 Å². The molecule has 2 aromatic heterocycles. The smallest absolute Gasteiger partial charge is 0.339 e. The van der Waals surface area contributed by atoms with E-state index < -0.39 is 5.97 Å². The van der Waals surface area contributed by atoms with Crippen LogP contribution >= 0.6 is 11.3 Å². The maximum absolute atomic E-state index is 12.2. The van der Waals surface area contributed by atoms with Crippen molar-refractivity contribution in [3.05, 3.63) is 33.5 Å². The number of carbonyl (C=O) groups excluding carboxylic acids is 1. The van der Waals surface area contributed by atoms with Crippen LogP contribution in [0.15, 0.2) is 6.20 Å². The Morgan fingerprint density at radius 2 is 2.14 bits per heavy atom. The maximum atomic E-state index is 12.2. The number of anilines is 1. The van der Waals surface area contributed by atoms with Gasteiger partial charge >= 0.3 is 5.97 Å². The van der Waals surface area contributed by atoms with Gasteiger partial charge < -0.3 is 10.4 Å². The molecule has 1 aliphatic rings. The Morgan fingerprint density at radius 1 is 1.38 bits per heavy atom. The molecule has 0 aromatic carbocycles. The molecule has 0 unspecified atom stereocenters. The van der Waals surface area contributed by atoms with Gasteiger partial charge in [-0.1, -0.05) is 0 Å². The lowest BCUT2D eigenvalue weighted by molar-refractivity contribution is 0.0697. The molecule has 110 valence electrons. The minimum absolute atomic E-state index is 0.254. The number of carbonyl (C=O) groups is 2. The number of rotatable bonds is 3. The van der Waals surface area contributed by atoms with Gasteiger partial charge in [0.2, 0.25) is 0 Å². The van der Waals surface area contributed by atoms with Crippen molar-refractivity contribution >= 4 is 28.2 Å². The molecule has 0 atom stereocenters. The zero-order chi connectivity index (χ0) is 15.0. The number of hydrogen-bond donors (Lipinski definition) is 3. The number of aromatic carboxylic acids is 1. The third kappa shape index (κ3) is 2.44. The molecule has 3 N–H and O–H groups in total. The van der Waals surface area contributed by atoms with E-state index in [1.165, 1.54) is 17.5 Å². The molecule has 1 amide bonds. The Morgan fingerprint density at radius 3 is 2.81 bits per heavy atom. The van der Waals surface area contributed by atoms with Crippen LogP contribution in [0.1, 0.15) is 49.7 Å². The normalized spacial score (nSPS) is 13.8. The predicted octanol–water partition coefficient (Wildman–Crippen LogP) is 2.61. The van der Waals surface area contributed by atoms with Crippen molar-refractivity contribution in [2.75, 3.05) is 5.32 Å². The zero-order valence-corrected chi connectivity index (χ0v) is 12.3. The van der Waals surface area contributed by atoms with Crippen molar-refractivity contribution in [2.24, 2.45) is 0 Å². The fourth-order valence-corrected chi connectivity index (χ4v) is 3.91. The Kier molecular flexibility index (Phi) is 3.50. The number of nitrogens with zero attached hydrogens (tertiary/aromatic N) is 1. The molecule has 0 fully saturated rings. The number of aromatic amines is 1. The van der Waals surface area contributed by atoms with Crippen LogP contribution in [0.5, 0.6) is 0 Å². The van der Waals surface area contributed by atoms with Crippen LogP contribution in [-0.2, 0) is 12.8 Å². The number of aromatic nitrogens is 2. The summed E-state index contributed by atoms with van der Waals surface area (Å²) in [6.07, 6.45) is 5.17. The molecule has 2 heterocycles. The fraction of sp³-hybridized carbons (Fsp3) is 0.357. The number of amides is 1. The molecule has 3 rings (SSSR count). The molecule has 21 heavy (non-hydrogen) atoms. The highest BCUT2D eigenvalue weighted by Gasteiger charge is 2.26. The number of nitrogens with one attached hydrogen (secondary N) is 2. The third-order valence-corrected chi connectivity index (χ3v) is 4.89. The van der Waals surface area contributed by atoms with Gasteiger partial charge in [-0.25, -0.2) is 4.79 Å². The van der Waals surface area contributed by atoms with Crippen LogP contribution < -0.4 is 5.32 Å². The minimum atomic E-state index is -0.978. The minimum Gasteiger partial charge on any atom is -0.478 e.